The number of carbonyl (C=O) groups is 1. The van der Waals surface area contributed by atoms with Gasteiger partial charge in [0.2, 0.25) is 5.91 Å². The number of para-hydroxylation sites is 1. The van der Waals surface area contributed by atoms with Gasteiger partial charge in [-0.3, -0.25) is 19.6 Å². The van der Waals surface area contributed by atoms with Crippen LogP contribution in [0.1, 0.15) is 48.0 Å². The number of carbonyl (C=O) groups excluding carboxylic acids is 1. The van der Waals surface area contributed by atoms with Gasteiger partial charge in [0.05, 0.1) is 23.5 Å². The summed E-state index contributed by atoms with van der Waals surface area (Å²) < 4.78 is 3.33. The summed E-state index contributed by atoms with van der Waals surface area (Å²) in [6, 6.07) is 21.4. The van der Waals surface area contributed by atoms with E-state index in [0.29, 0.717) is 11.4 Å². The van der Waals surface area contributed by atoms with Crippen molar-refractivity contribution in [2.75, 3.05) is 5.32 Å². The third-order valence-corrected chi connectivity index (χ3v) is 7.23. The number of thiophene rings is 1. The summed E-state index contributed by atoms with van der Waals surface area (Å²) in [7, 11) is 1.82. The molecular weight excluding hydrogens is 456 g/mol. The highest BCUT2D eigenvalue weighted by Gasteiger charge is 2.24. The predicted octanol–water partition coefficient (Wildman–Crippen LogP) is 5.20. The minimum atomic E-state index is -0.526. The van der Waals surface area contributed by atoms with Crippen molar-refractivity contribution in [3.63, 3.8) is 0 Å². The van der Waals surface area contributed by atoms with Gasteiger partial charge < -0.3 is 5.32 Å². The van der Waals surface area contributed by atoms with E-state index in [9.17, 15) is 9.59 Å². The average Bonchev–Trinajstić information content (AvgIpc) is 3.47. The number of hydrogen-bond acceptors (Lipinski definition) is 4. The van der Waals surface area contributed by atoms with Crippen LogP contribution in [0, 0.1) is 6.92 Å². The van der Waals surface area contributed by atoms with E-state index in [1.54, 1.807) is 20.7 Å². The molecule has 4 aromatic rings. The molecule has 2 atom stereocenters. The van der Waals surface area contributed by atoms with Crippen LogP contribution in [-0.4, -0.2) is 21.3 Å². The van der Waals surface area contributed by atoms with Crippen LogP contribution in [-0.2, 0) is 18.3 Å². The smallest absolute Gasteiger partial charge is 0.295 e. The van der Waals surface area contributed by atoms with E-state index < -0.39 is 6.04 Å². The minimum absolute atomic E-state index is 0.121. The Morgan fingerprint density at radius 3 is 2.37 bits per heavy atom. The molecule has 0 aliphatic heterocycles. The fourth-order valence-electron chi connectivity index (χ4n) is 4.23. The zero-order chi connectivity index (χ0) is 24.9. The van der Waals surface area contributed by atoms with Gasteiger partial charge in [-0.2, -0.15) is 0 Å². The van der Waals surface area contributed by atoms with E-state index in [4.69, 9.17) is 0 Å². The van der Waals surface area contributed by atoms with Gasteiger partial charge in [0.15, 0.2) is 0 Å². The van der Waals surface area contributed by atoms with Gasteiger partial charge in [-0.1, -0.05) is 61.9 Å². The van der Waals surface area contributed by atoms with Crippen molar-refractivity contribution in [3.05, 3.63) is 104 Å². The number of aromatic nitrogens is 2. The summed E-state index contributed by atoms with van der Waals surface area (Å²) in [6.45, 7) is 5.84. The molecule has 35 heavy (non-hydrogen) atoms. The van der Waals surface area contributed by atoms with Gasteiger partial charge in [0.25, 0.3) is 5.56 Å². The van der Waals surface area contributed by atoms with E-state index in [1.807, 2.05) is 62.7 Å². The van der Waals surface area contributed by atoms with Crippen LogP contribution < -0.4 is 16.2 Å². The Bertz CT molecular complexity index is 1320. The van der Waals surface area contributed by atoms with Crippen LogP contribution in [0.5, 0.6) is 0 Å². The van der Waals surface area contributed by atoms with Crippen molar-refractivity contribution in [1.29, 1.82) is 0 Å². The van der Waals surface area contributed by atoms with Crippen LogP contribution in [0.4, 0.5) is 5.69 Å². The molecule has 0 spiro atoms. The zero-order valence-electron chi connectivity index (χ0n) is 20.6. The van der Waals surface area contributed by atoms with Crippen LogP contribution in [0.3, 0.4) is 0 Å². The maximum atomic E-state index is 13.2. The van der Waals surface area contributed by atoms with E-state index in [-0.39, 0.29) is 17.5 Å². The molecule has 0 radical (unpaired) electrons. The van der Waals surface area contributed by atoms with Crippen LogP contribution >= 0.6 is 11.3 Å². The molecule has 0 fully saturated rings. The first kappa shape index (κ1) is 24.7. The quantitative estimate of drug-likeness (QED) is 0.340. The normalized spacial score (nSPS) is 12.9. The molecule has 2 aromatic heterocycles. The lowest BCUT2D eigenvalue weighted by molar-refractivity contribution is -0.117. The van der Waals surface area contributed by atoms with Crippen molar-refractivity contribution in [3.8, 4) is 5.69 Å². The first-order valence-electron chi connectivity index (χ1n) is 11.9. The molecule has 0 saturated carbocycles. The number of hydrogen-bond donors (Lipinski definition) is 2. The fourth-order valence-corrected chi connectivity index (χ4v) is 5.04. The van der Waals surface area contributed by atoms with E-state index in [0.717, 1.165) is 29.0 Å². The van der Waals surface area contributed by atoms with E-state index in [1.165, 1.54) is 5.56 Å². The molecule has 182 valence electrons. The second-order valence-electron chi connectivity index (χ2n) is 8.75. The summed E-state index contributed by atoms with van der Waals surface area (Å²) in [5, 5.41) is 8.41. The zero-order valence-corrected chi connectivity index (χ0v) is 21.4. The van der Waals surface area contributed by atoms with Gasteiger partial charge in [-0.15, -0.1) is 11.3 Å². The Hall–Kier alpha value is -3.42. The molecule has 2 unspecified atom stereocenters. The second-order valence-corrected chi connectivity index (χ2v) is 9.73. The van der Waals surface area contributed by atoms with Crippen LogP contribution in [0.25, 0.3) is 5.69 Å². The molecule has 2 aromatic carbocycles. The monoisotopic (exact) mass is 488 g/mol. The van der Waals surface area contributed by atoms with Crippen molar-refractivity contribution < 1.29 is 4.79 Å². The van der Waals surface area contributed by atoms with Crippen molar-refractivity contribution in [2.45, 2.75) is 45.7 Å². The second kappa shape index (κ2) is 10.9. The van der Waals surface area contributed by atoms with Gasteiger partial charge >= 0.3 is 0 Å². The maximum Gasteiger partial charge on any atom is 0.295 e. The first-order chi connectivity index (χ1) is 16.9. The molecule has 4 rings (SSSR count). The summed E-state index contributed by atoms with van der Waals surface area (Å²) >= 11 is 1.65. The first-order valence-corrected chi connectivity index (χ1v) is 12.8. The highest BCUT2D eigenvalue weighted by Crippen LogP contribution is 2.27. The standard InChI is InChI=1S/C28H32N4O2S/c1-5-10-21-14-16-22(17-15-21)26(24-13-9-18-35-24)29-19(2)27(33)30-25-20(3)31(4)32(28(25)34)23-11-7-6-8-12-23/h6-9,11-19,26,29H,5,10H2,1-4H3,(H,30,33). The maximum absolute atomic E-state index is 13.2. The summed E-state index contributed by atoms with van der Waals surface area (Å²) in [4.78, 5) is 27.5. The largest absolute Gasteiger partial charge is 0.319 e. The highest BCUT2D eigenvalue weighted by atomic mass is 32.1. The van der Waals surface area contributed by atoms with Gasteiger partial charge in [0.1, 0.15) is 5.69 Å². The Morgan fingerprint density at radius 1 is 1.03 bits per heavy atom. The number of benzene rings is 2. The average molecular weight is 489 g/mol. The molecular formula is C28H32N4O2S. The fraction of sp³-hybridized carbons (Fsp3) is 0.286. The SMILES string of the molecule is CCCc1ccc(C(NC(C)C(=O)Nc2c(C)n(C)n(-c3ccccc3)c2=O)c2cccs2)cc1. The van der Waals surface area contributed by atoms with E-state index in [2.05, 4.69) is 47.9 Å². The Kier molecular flexibility index (Phi) is 7.68. The predicted molar refractivity (Wildman–Crippen MR) is 144 cm³/mol. The topological polar surface area (TPSA) is 68.1 Å². The lowest BCUT2D eigenvalue weighted by Crippen LogP contribution is -2.41. The summed E-state index contributed by atoms with van der Waals surface area (Å²) in [5.74, 6) is -0.250. The molecule has 2 heterocycles. The Morgan fingerprint density at radius 2 is 1.74 bits per heavy atom. The van der Waals surface area contributed by atoms with Gasteiger partial charge in [0, 0.05) is 11.9 Å². The molecule has 6 nitrogen and oxygen atoms in total. The minimum Gasteiger partial charge on any atom is -0.319 e. The Balaban J connectivity index is 1.56. The van der Waals surface area contributed by atoms with Crippen molar-refractivity contribution >= 4 is 22.9 Å². The molecule has 0 bridgehead atoms. The van der Waals surface area contributed by atoms with Gasteiger partial charge in [-0.05, 0) is 55.0 Å². The van der Waals surface area contributed by atoms with Crippen molar-refractivity contribution in [1.82, 2.24) is 14.7 Å². The van der Waals surface area contributed by atoms with E-state index >= 15 is 0 Å². The molecule has 0 aliphatic carbocycles. The third-order valence-electron chi connectivity index (χ3n) is 6.29. The summed E-state index contributed by atoms with van der Waals surface area (Å²) in [5.41, 5.74) is 3.90. The molecule has 2 N–H and O–H groups in total. The van der Waals surface area contributed by atoms with Gasteiger partial charge in [-0.25, -0.2) is 4.68 Å². The number of aryl methyl sites for hydroxylation is 1. The number of rotatable bonds is 9. The van der Waals surface area contributed by atoms with Crippen LogP contribution in [0.15, 0.2) is 76.9 Å². The molecule has 1 amide bonds. The number of nitrogens with one attached hydrogen (secondary N) is 2. The number of nitrogens with zero attached hydrogens (tertiary/aromatic N) is 2. The third kappa shape index (κ3) is 5.31. The van der Waals surface area contributed by atoms with Crippen molar-refractivity contribution in [2.24, 2.45) is 7.05 Å². The highest BCUT2D eigenvalue weighted by molar-refractivity contribution is 7.10. The number of anilines is 1. The number of amides is 1. The summed E-state index contributed by atoms with van der Waals surface area (Å²) in [6.07, 6.45) is 2.15. The molecule has 0 saturated heterocycles. The molecule has 0 aliphatic rings. The lowest BCUT2D eigenvalue weighted by atomic mass is 10.0. The lowest BCUT2D eigenvalue weighted by Gasteiger charge is -2.23. The van der Waals surface area contributed by atoms with Crippen LogP contribution in [0.2, 0.25) is 0 Å². The Labute approximate surface area is 210 Å². The molecule has 7 heteroatoms.